The second-order valence-corrected chi connectivity index (χ2v) is 13.2. The third-order valence-electron chi connectivity index (χ3n) is 11.2. The highest BCUT2D eigenvalue weighted by Crippen LogP contribution is 2.68. The molecule has 2 heteroatoms. The van der Waals surface area contributed by atoms with Gasteiger partial charge in [0.2, 0.25) is 5.91 Å². The van der Waals surface area contributed by atoms with E-state index in [1.165, 1.54) is 51.4 Å². The monoisotopic (exact) mass is 440 g/mol. The molecule has 1 unspecified atom stereocenters. The minimum absolute atomic E-state index is 0.150. The van der Waals surface area contributed by atoms with Crippen molar-refractivity contribution in [1.29, 1.82) is 0 Å². The van der Waals surface area contributed by atoms with Gasteiger partial charge in [-0.15, -0.1) is 0 Å². The zero-order valence-electron chi connectivity index (χ0n) is 21.9. The van der Waals surface area contributed by atoms with Gasteiger partial charge in [-0.3, -0.25) is 4.79 Å². The van der Waals surface area contributed by atoms with Gasteiger partial charge < -0.3 is 5.73 Å². The summed E-state index contributed by atoms with van der Waals surface area (Å²) in [6.45, 7) is 14.8. The maximum Gasteiger partial charge on any atom is 0.225 e. The number of hydrogen-bond donors (Lipinski definition) is 1. The third-order valence-corrected chi connectivity index (χ3v) is 11.2. The van der Waals surface area contributed by atoms with Crippen LogP contribution in [-0.4, -0.2) is 5.91 Å². The fraction of sp³-hybridized carbons (Fsp3) is 0.867. The Labute approximate surface area is 198 Å². The van der Waals surface area contributed by atoms with Gasteiger partial charge in [0.15, 0.2) is 0 Å². The van der Waals surface area contributed by atoms with E-state index in [1.807, 2.05) is 0 Å². The lowest BCUT2D eigenvalue weighted by Crippen LogP contribution is -2.52. The molecule has 0 aliphatic heterocycles. The Morgan fingerprint density at radius 1 is 1.12 bits per heavy atom. The Balaban J connectivity index is 1.52. The van der Waals surface area contributed by atoms with E-state index in [1.54, 1.807) is 5.57 Å². The molecule has 4 rings (SSSR count). The van der Waals surface area contributed by atoms with Gasteiger partial charge in [0.1, 0.15) is 0 Å². The molecule has 8 atom stereocenters. The second kappa shape index (κ2) is 9.10. The van der Waals surface area contributed by atoms with Crippen LogP contribution in [0, 0.1) is 58.2 Å². The summed E-state index contributed by atoms with van der Waals surface area (Å²) in [4.78, 5) is 12.1. The highest BCUT2D eigenvalue weighted by Gasteiger charge is 2.60. The highest BCUT2D eigenvalue weighted by atomic mass is 16.1. The first-order valence-corrected chi connectivity index (χ1v) is 14.0. The Morgan fingerprint density at radius 2 is 1.88 bits per heavy atom. The standard InChI is InChI=1S/C30H50NO/c1-7-21-18-30(6)22(17-24(21)28(31)32)11-12-23-26-14-13-25(20(4)10-8-9-19(2)3)29(26,5)16-15-27(23)30/h11,19-21,23,25-27H,7-10,12-18H2,1-6H3,(H2,31,32)/t20-,21?,23+,25-,26+,27+,29-,30+/m1/s1. The average molecular weight is 441 g/mol. The molecule has 0 bridgehead atoms. The SMILES string of the molecule is CCC1C[C@@]2(C)C(=CC[C@H]3[C@@H]4CC[C@H]([C@H](C)CCCC(C)C)[C@@]4(C)CC[C@@H]32)C[C]1C(N)=O. The molecule has 0 aromatic heterocycles. The number of nitrogens with two attached hydrogens (primary N) is 1. The van der Waals surface area contributed by atoms with Crippen LogP contribution in [0.2, 0.25) is 0 Å². The average Bonchev–Trinajstić information content (AvgIpc) is 3.09. The van der Waals surface area contributed by atoms with Gasteiger partial charge >= 0.3 is 0 Å². The van der Waals surface area contributed by atoms with Crippen molar-refractivity contribution in [2.45, 2.75) is 112 Å². The summed E-state index contributed by atoms with van der Waals surface area (Å²) in [7, 11) is 0. The van der Waals surface area contributed by atoms with Crippen LogP contribution in [0.5, 0.6) is 0 Å². The van der Waals surface area contributed by atoms with Crippen molar-refractivity contribution >= 4 is 5.91 Å². The van der Waals surface area contributed by atoms with Crippen LogP contribution in [-0.2, 0) is 4.79 Å². The molecule has 32 heavy (non-hydrogen) atoms. The van der Waals surface area contributed by atoms with Gasteiger partial charge in [-0.1, -0.05) is 78.9 Å². The van der Waals surface area contributed by atoms with Gasteiger partial charge in [0, 0.05) is 0 Å². The van der Waals surface area contributed by atoms with Gasteiger partial charge in [0.05, 0.1) is 5.92 Å². The number of amides is 1. The molecular weight excluding hydrogens is 390 g/mol. The predicted octanol–water partition coefficient (Wildman–Crippen LogP) is 7.72. The Morgan fingerprint density at radius 3 is 2.53 bits per heavy atom. The molecule has 1 radical (unpaired) electrons. The van der Waals surface area contributed by atoms with Crippen molar-refractivity contribution in [1.82, 2.24) is 0 Å². The lowest BCUT2D eigenvalue weighted by atomic mass is 9.45. The number of rotatable bonds is 7. The number of hydrogen-bond acceptors (Lipinski definition) is 1. The lowest BCUT2D eigenvalue weighted by Gasteiger charge is -2.59. The number of carbonyl (C=O) groups excluding carboxylic acids is 1. The quantitative estimate of drug-likeness (QED) is 0.404. The molecule has 0 saturated heterocycles. The fourth-order valence-electron chi connectivity index (χ4n) is 9.40. The first-order chi connectivity index (χ1) is 15.1. The van der Waals surface area contributed by atoms with Crippen LogP contribution in [0.4, 0.5) is 0 Å². The normalized spacial score (nSPS) is 42.7. The van der Waals surface area contributed by atoms with E-state index >= 15 is 0 Å². The van der Waals surface area contributed by atoms with E-state index in [2.05, 4.69) is 47.6 Å². The Kier molecular flexibility index (Phi) is 6.92. The van der Waals surface area contributed by atoms with E-state index in [0.29, 0.717) is 11.3 Å². The summed E-state index contributed by atoms with van der Waals surface area (Å²) >= 11 is 0. The summed E-state index contributed by atoms with van der Waals surface area (Å²) in [5.74, 6) is 6.43. The van der Waals surface area contributed by atoms with Crippen LogP contribution >= 0.6 is 0 Å². The van der Waals surface area contributed by atoms with Crippen molar-refractivity contribution in [2.24, 2.45) is 58.0 Å². The molecular formula is C30H50NO. The molecule has 0 aromatic rings. The number of allylic oxidation sites excluding steroid dienone is 2. The molecule has 0 spiro atoms. The lowest BCUT2D eigenvalue weighted by molar-refractivity contribution is -0.118. The van der Waals surface area contributed by atoms with Gasteiger partial charge in [-0.05, 0) is 97.2 Å². The first-order valence-electron chi connectivity index (χ1n) is 14.0. The van der Waals surface area contributed by atoms with Crippen molar-refractivity contribution in [3.05, 3.63) is 17.6 Å². The summed E-state index contributed by atoms with van der Waals surface area (Å²) in [6, 6.07) is 0. The van der Waals surface area contributed by atoms with Crippen molar-refractivity contribution in [3.63, 3.8) is 0 Å². The van der Waals surface area contributed by atoms with Crippen LogP contribution in [0.15, 0.2) is 11.6 Å². The van der Waals surface area contributed by atoms with Crippen LogP contribution in [0.3, 0.4) is 0 Å². The zero-order chi connectivity index (χ0) is 23.3. The summed E-state index contributed by atoms with van der Waals surface area (Å²) in [5.41, 5.74) is 8.19. The maximum atomic E-state index is 12.1. The number of fused-ring (bicyclic) bond motifs is 5. The summed E-state index contributed by atoms with van der Waals surface area (Å²) < 4.78 is 0. The van der Waals surface area contributed by atoms with E-state index < -0.39 is 0 Å². The van der Waals surface area contributed by atoms with Crippen molar-refractivity contribution in [2.75, 3.05) is 0 Å². The summed E-state index contributed by atoms with van der Waals surface area (Å²) in [6.07, 6.45) is 16.8. The van der Waals surface area contributed by atoms with E-state index in [-0.39, 0.29) is 11.3 Å². The van der Waals surface area contributed by atoms with Gasteiger partial charge in [0.25, 0.3) is 0 Å². The molecule has 2 nitrogen and oxygen atoms in total. The van der Waals surface area contributed by atoms with Crippen LogP contribution in [0.25, 0.3) is 0 Å². The largest absolute Gasteiger partial charge is 0.369 e. The highest BCUT2D eigenvalue weighted by molar-refractivity contribution is 5.89. The zero-order valence-corrected chi connectivity index (χ0v) is 21.9. The molecule has 181 valence electrons. The molecule has 0 heterocycles. The molecule has 3 saturated carbocycles. The number of primary amides is 1. The van der Waals surface area contributed by atoms with E-state index in [0.717, 1.165) is 60.7 Å². The number of carbonyl (C=O) groups is 1. The topological polar surface area (TPSA) is 43.1 Å². The van der Waals surface area contributed by atoms with Crippen molar-refractivity contribution in [3.8, 4) is 0 Å². The Hall–Kier alpha value is -0.790. The van der Waals surface area contributed by atoms with Crippen molar-refractivity contribution < 1.29 is 4.79 Å². The molecule has 0 aromatic carbocycles. The molecule has 4 aliphatic carbocycles. The fourth-order valence-corrected chi connectivity index (χ4v) is 9.40. The molecule has 2 N–H and O–H groups in total. The van der Waals surface area contributed by atoms with Crippen LogP contribution < -0.4 is 5.73 Å². The summed E-state index contributed by atoms with van der Waals surface area (Å²) in [5, 5.41) is 0. The molecule has 3 fully saturated rings. The Bertz CT molecular complexity index is 724. The maximum absolute atomic E-state index is 12.1. The van der Waals surface area contributed by atoms with Gasteiger partial charge in [-0.25, -0.2) is 0 Å². The first kappa shape index (κ1) is 24.3. The third kappa shape index (κ3) is 4.00. The van der Waals surface area contributed by atoms with E-state index in [9.17, 15) is 4.79 Å². The minimum atomic E-state index is -0.150. The van der Waals surface area contributed by atoms with E-state index in [4.69, 9.17) is 5.73 Å². The molecule has 4 aliphatic rings. The molecule has 1 amide bonds. The van der Waals surface area contributed by atoms with Gasteiger partial charge in [-0.2, -0.15) is 0 Å². The minimum Gasteiger partial charge on any atom is -0.369 e. The smallest absolute Gasteiger partial charge is 0.225 e. The second-order valence-electron chi connectivity index (χ2n) is 13.2. The van der Waals surface area contributed by atoms with Crippen LogP contribution in [0.1, 0.15) is 112 Å². The predicted molar refractivity (Wildman–Crippen MR) is 135 cm³/mol.